The Hall–Kier alpha value is -2.44. The molecule has 3 aromatic rings. The van der Waals surface area contributed by atoms with Crippen molar-refractivity contribution in [1.82, 2.24) is 19.4 Å². The number of pyridine rings is 2. The number of hydrogen-bond donors (Lipinski definition) is 2. The van der Waals surface area contributed by atoms with Gasteiger partial charge in [-0.25, -0.2) is 0 Å². The number of aliphatic hydroxyl groups is 1. The summed E-state index contributed by atoms with van der Waals surface area (Å²) >= 11 is 0. The van der Waals surface area contributed by atoms with Crippen LogP contribution in [0, 0.1) is 6.92 Å². The van der Waals surface area contributed by atoms with E-state index < -0.39 is 5.60 Å². The highest BCUT2D eigenvalue weighted by Gasteiger charge is 2.38. The molecule has 1 aliphatic heterocycles. The van der Waals surface area contributed by atoms with Crippen LogP contribution in [-0.4, -0.2) is 38.1 Å². The fraction of sp³-hybridized carbons (Fsp3) is 0.478. The van der Waals surface area contributed by atoms with Crippen LogP contribution in [0.15, 0.2) is 29.2 Å². The van der Waals surface area contributed by atoms with Crippen molar-refractivity contribution in [2.75, 3.05) is 13.6 Å². The van der Waals surface area contributed by atoms with E-state index >= 15 is 0 Å². The van der Waals surface area contributed by atoms with Gasteiger partial charge >= 0.3 is 0 Å². The molecule has 0 spiro atoms. The first kappa shape index (κ1) is 18.6. The van der Waals surface area contributed by atoms with Gasteiger partial charge in [-0.3, -0.25) is 9.78 Å². The summed E-state index contributed by atoms with van der Waals surface area (Å²) in [5, 5.41) is 11.7. The summed E-state index contributed by atoms with van der Waals surface area (Å²) in [4.78, 5) is 23.1. The first-order valence-corrected chi connectivity index (χ1v) is 10.6. The molecular weight excluding hydrogens is 364 g/mol. The maximum atomic E-state index is 12.7. The predicted molar refractivity (Wildman–Crippen MR) is 113 cm³/mol. The van der Waals surface area contributed by atoms with Gasteiger partial charge in [0.15, 0.2) is 5.43 Å². The molecule has 0 bridgehead atoms. The van der Waals surface area contributed by atoms with Gasteiger partial charge in [-0.2, -0.15) is 0 Å². The van der Waals surface area contributed by atoms with Crippen molar-refractivity contribution in [3.8, 4) is 0 Å². The van der Waals surface area contributed by atoms with Crippen molar-refractivity contribution in [3.63, 3.8) is 0 Å². The van der Waals surface area contributed by atoms with Crippen molar-refractivity contribution < 1.29 is 5.11 Å². The molecule has 0 fully saturated rings. The monoisotopic (exact) mass is 392 g/mol. The van der Waals surface area contributed by atoms with Crippen LogP contribution < -0.4 is 5.43 Å². The van der Waals surface area contributed by atoms with E-state index in [1.807, 2.05) is 13.0 Å². The lowest BCUT2D eigenvalue weighted by atomic mass is 9.81. The Kier molecular flexibility index (Phi) is 4.37. The highest BCUT2D eigenvalue weighted by Crippen LogP contribution is 2.37. The van der Waals surface area contributed by atoms with Crippen LogP contribution in [0.2, 0.25) is 0 Å². The molecule has 0 radical (unpaired) electrons. The predicted octanol–water partition coefficient (Wildman–Crippen LogP) is 2.64. The Morgan fingerprint density at radius 3 is 2.97 bits per heavy atom. The normalized spacial score (nSPS) is 22.3. The van der Waals surface area contributed by atoms with Crippen LogP contribution in [-0.2, 0) is 31.5 Å². The van der Waals surface area contributed by atoms with Gasteiger partial charge in [-0.05, 0) is 64.8 Å². The van der Waals surface area contributed by atoms with Crippen LogP contribution >= 0.6 is 0 Å². The minimum atomic E-state index is -1.16. The largest absolute Gasteiger partial charge is 0.383 e. The molecule has 2 N–H and O–H groups in total. The topological polar surface area (TPSA) is 74.1 Å². The summed E-state index contributed by atoms with van der Waals surface area (Å²) in [6, 6.07) is 5.69. The van der Waals surface area contributed by atoms with Crippen molar-refractivity contribution in [2.24, 2.45) is 0 Å². The van der Waals surface area contributed by atoms with E-state index in [4.69, 9.17) is 4.98 Å². The third-order valence-corrected chi connectivity index (χ3v) is 6.59. The molecule has 1 unspecified atom stereocenters. The molecule has 0 saturated heterocycles. The SMILES string of the molecule is Cc1ccc2c(n1)c1c(n2CC2(O)CCCc3[nH]ccc(=O)c32)CCCN(C)C1. The van der Waals surface area contributed by atoms with Gasteiger partial charge in [0.2, 0.25) is 0 Å². The number of hydrogen-bond acceptors (Lipinski definition) is 4. The van der Waals surface area contributed by atoms with Crippen LogP contribution in [0.4, 0.5) is 0 Å². The fourth-order valence-electron chi connectivity index (χ4n) is 5.26. The van der Waals surface area contributed by atoms with Gasteiger partial charge < -0.3 is 19.6 Å². The zero-order valence-electron chi connectivity index (χ0n) is 17.2. The Balaban J connectivity index is 1.70. The quantitative estimate of drug-likeness (QED) is 0.703. The summed E-state index contributed by atoms with van der Waals surface area (Å²) < 4.78 is 2.25. The number of aryl methyl sites for hydroxylation is 2. The summed E-state index contributed by atoms with van der Waals surface area (Å²) in [6.07, 6.45) is 6.00. The Morgan fingerprint density at radius 1 is 1.24 bits per heavy atom. The zero-order valence-corrected chi connectivity index (χ0v) is 17.2. The van der Waals surface area contributed by atoms with Crippen LogP contribution in [0.1, 0.15) is 47.5 Å². The minimum absolute atomic E-state index is 0.0720. The number of rotatable bonds is 2. The van der Waals surface area contributed by atoms with E-state index in [1.165, 1.54) is 17.3 Å². The smallest absolute Gasteiger partial charge is 0.187 e. The summed E-state index contributed by atoms with van der Waals surface area (Å²) in [7, 11) is 2.15. The van der Waals surface area contributed by atoms with E-state index in [0.717, 1.165) is 61.2 Å². The van der Waals surface area contributed by atoms with Crippen molar-refractivity contribution in [2.45, 2.75) is 57.7 Å². The maximum absolute atomic E-state index is 12.7. The summed E-state index contributed by atoms with van der Waals surface area (Å²) in [5.74, 6) is 0. The first-order valence-electron chi connectivity index (χ1n) is 10.6. The van der Waals surface area contributed by atoms with E-state index in [2.05, 4.69) is 27.6 Å². The molecule has 0 aromatic carbocycles. The number of nitrogens with one attached hydrogen (secondary N) is 1. The Bertz CT molecular complexity index is 1150. The van der Waals surface area contributed by atoms with E-state index in [0.29, 0.717) is 18.5 Å². The van der Waals surface area contributed by atoms with Gasteiger partial charge in [0, 0.05) is 41.5 Å². The average molecular weight is 393 g/mol. The van der Waals surface area contributed by atoms with E-state index in [-0.39, 0.29) is 5.43 Å². The fourth-order valence-corrected chi connectivity index (χ4v) is 5.26. The van der Waals surface area contributed by atoms with Gasteiger partial charge in [0.25, 0.3) is 0 Å². The average Bonchev–Trinajstić information content (AvgIpc) is 2.82. The number of aromatic amines is 1. The molecular formula is C23H28N4O2. The second-order valence-electron chi connectivity index (χ2n) is 8.75. The molecule has 0 saturated carbocycles. The zero-order chi connectivity index (χ0) is 20.2. The van der Waals surface area contributed by atoms with Crippen LogP contribution in [0.3, 0.4) is 0 Å². The number of aromatic nitrogens is 3. The standard InChI is InChI=1S/C23H28N4O2/c1-15-7-8-19-22(25-15)16-13-26(2)12-4-6-18(16)27(19)14-23(29)10-3-5-17-21(23)20(28)9-11-24-17/h7-9,11,29H,3-6,10,12-14H2,1-2H3,(H,24,28). The molecule has 5 rings (SSSR count). The van der Waals surface area contributed by atoms with Gasteiger partial charge in [-0.15, -0.1) is 0 Å². The number of fused-ring (bicyclic) bond motifs is 4. The molecule has 29 heavy (non-hydrogen) atoms. The molecule has 3 aromatic heterocycles. The first-order chi connectivity index (χ1) is 14.0. The maximum Gasteiger partial charge on any atom is 0.187 e. The molecule has 6 heteroatoms. The van der Waals surface area contributed by atoms with Gasteiger partial charge in [0.05, 0.1) is 23.1 Å². The van der Waals surface area contributed by atoms with Gasteiger partial charge in [-0.1, -0.05) is 0 Å². The van der Waals surface area contributed by atoms with E-state index in [1.54, 1.807) is 6.20 Å². The summed E-state index contributed by atoms with van der Waals surface area (Å²) in [6.45, 7) is 4.33. The molecule has 6 nitrogen and oxygen atoms in total. The minimum Gasteiger partial charge on any atom is -0.383 e. The van der Waals surface area contributed by atoms with Gasteiger partial charge in [0.1, 0.15) is 5.60 Å². The number of nitrogens with zero attached hydrogens (tertiary/aromatic N) is 3. The lowest BCUT2D eigenvalue weighted by molar-refractivity contribution is 0.000241. The second kappa shape index (κ2) is 6.82. The molecule has 4 heterocycles. The van der Waals surface area contributed by atoms with Crippen LogP contribution in [0.25, 0.3) is 11.0 Å². The van der Waals surface area contributed by atoms with Crippen LogP contribution in [0.5, 0.6) is 0 Å². The summed E-state index contributed by atoms with van der Waals surface area (Å²) in [5.41, 5.74) is 5.82. The van der Waals surface area contributed by atoms with Crippen molar-refractivity contribution in [3.05, 3.63) is 62.8 Å². The van der Waals surface area contributed by atoms with Crippen molar-refractivity contribution >= 4 is 11.0 Å². The Labute approximate surface area is 170 Å². The molecule has 152 valence electrons. The lowest BCUT2D eigenvalue weighted by Gasteiger charge is -2.34. The second-order valence-corrected chi connectivity index (χ2v) is 8.75. The molecule has 2 aliphatic rings. The highest BCUT2D eigenvalue weighted by molar-refractivity contribution is 5.82. The van der Waals surface area contributed by atoms with Crippen molar-refractivity contribution in [1.29, 1.82) is 0 Å². The third-order valence-electron chi connectivity index (χ3n) is 6.59. The lowest BCUT2D eigenvalue weighted by Crippen LogP contribution is -2.40. The third kappa shape index (κ3) is 3.02. The van der Waals surface area contributed by atoms with E-state index in [9.17, 15) is 9.90 Å². The molecule has 0 amide bonds. The highest BCUT2D eigenvalue weighted by atomic mass is 16.3. The molecule has 1 atom stereocenters. The number of H-pyrrole nitrogens is 1. The Morgan fingerprint density at radius 2 is 2.10 bits per heavy atom. The molecule has 1 aliphatic carbocycles.